The molecule has 7 heteroatoms. The zero-order chi connectivity index (χ0) is 23.1. The van der Waals surface area contributed by atoms with Gasteiger partial charge in [-0.25, -0.2) is 4.98 Å². The molecule has 0 atom stereocenters. The van der Waals surface area contributed by atoms with Gasteiger partial charge in [-0.15, -0.1) is 0 Å². The van der Waals surface area contributed by atoms with E-state index < -0.39 is 0 Å². The Hall–Kier alpha value is -4.78. The standard InChI is InChI=1S/C27H19N5O2/c33-26(20-15-29-21-10-3-1-9-18(20)21)25-24-19(17-8-2-4-11-22(17)31-24)13-23(32-25)27(34)30-14-16-7-5-6-12-28-16/h1-13,15,29,31H,14H2,(H,30,34). The normalized spacial score (nSPS) is 11.3. The fourth-order valence-electron chi connectivity index (χ4n) is 4.28. The summed E-state index contributed by atoms with van der Waals surface area (Å²) in [5.74, 6) is -0.626. The second-order valence-corrected chi connectivity index (χ2v) is 8.03. The van der Waals surface area contributed by atoms with Crippen LogP contribution in [-0.2, 0) is 6.54 Å². The Balaban J connectivity index is 1.48. The van der Waals surface area contributed by atoms with Gasteiger partial charge in [0.1, 0.15) is 11.4 Å². The average molecular weight is 445 g/mol. The number of ketones is 1. The minimum Gasteiger partial charge on any atom is -0.360 e. The van der Waals surface area contributed by atoms with Crippen molar-refractivity contribution in [2.75, 3.05) is 0 Å². The van der Waals surface area contributed by atoms with E-state index in [2.05, 4.69) is 25.3 Å². The predicted octanol–water partition coefficient (Wildman–Crippen LogP) is 4.75. The molecule has 7 nitrogen and oxygen atoms in total. The summed E-state index contributed by atoms with van der Waals surface area (Å²) in [5.41, 5.74) is 3.98. The van der Waals surface area contributed by atoms with E-state index in [1.54, 1.807) is 18.5 Å². The molecule has 0 aliphatic heterocycles. The first-order valence-electron chi connectivity index (χ1n) is 10.9. The molecule has 4 heterocycles. The number of amides is 1. The van der Waals surface area contributed by atoms with E-state index in [1.165, 1.54) is 0 Å². The highest BCUT2D eigenvalue weighted by Gasteiger charge is 2.23. The quantitative estimate of drug-likeness (QED) is 0.333. The second-order valence-electron chi connectivity index (χ2n) is 8.03. The number of nitrogens with zero attached hydrogens (tertiary/aromatic N) is 2. The molecule has 1 amide bonds. The first-order valence-corrected chi connectivity index (χ1v) is 10.9. The molecule has 6 aromatic rings. The van der Waals surface area contributed by atoms with Gasteiger partial charge in [0, 0.05) is 45.1 Å². The molecular formula is C27H19N5O2. The summed E-state index contributed by atoms with van der Waals surface area (Å²) in [6.07, 6.45) is 3.37. The third kappa shape index (κ3) is 3.31. The Morgan fingerprint density at radius 3 is 2.44 bits per heavy atom. The van der Waals surface area contributed by atoms with Crippen LogP contribution in [0.15, 0.2) is 85.2 Å². The van der Waals surface area contributed by atoms with E-state index in [4.69, 9.17) is 0 Å². The van der Waals surface area contributed by atoms with E-state index in [0.29, 0.717) is 11.1 Å². The molecule has 0 bridgehead atoms. The van der Waals surface area contributed by atoms with Crippen molar-refractivity contribution in [2.45, 2.75) is 6.54 Å². The number of rotatable bonds is 5. The molecule has 4 aromatic heterocycles. The van der Waals surface area contributed by atoms with Gasteiger partial charge in [0.25, 0.3) is 5.91 Å². The van der Waals surface area contributed by atoms with E-state index in [0.717, 1.165) is 32.9 Å². The van der Waals surface area contributed by atoms with Crippen molar-refractivity contribution in [3.8, 4) is 0 Å². The van der Waals surface area contributed by atoms with Crippen LogP contribution in [0.25, 0.3) is 32.7 Å². The van der Waals surface area contributed by atoms with Gasteiger partial charge in [0.2, 0.25) is 5.78 Å². The van der Waals surface area contributed by atoms with Crippen molar-refractivity contribution in [3.63, 3.8) is 0 Å². The molecule has 3 N–H and O–H groups in total. The van der Waals surface area contributed by atoms with Gasteiger partial charge in [-0.3, -0.25) is 14.6 Å². The number of fused-ring (bicyclic) bond motifs is 4. The fourth-order valence-corrected chi connectivity index (χ4v) is 4.28. The number of hydrogen-bond donors (Lipinski definition) is 3. The van der Waals surface area contributed by atoms with Crippen LogP contribution in [0.4, 0.5) is 0 Å². The van der Waals surface area contributed by atoms with Crippen molar-refractivity contribution in [1.82, 2.24) is 25.3 Å². The Bertz CT molecular complexity index is 1700. The minimum atomic E-state index is -0.370. The SMILES string of the molecule is O=C(NCc1ccccn1)c1cc2c([nH]c3ccccc32)c(C(=O)c2c[nH]c3ccccc23)n1. The molecule has 0 radical (unpaired) electrons. The van der Waals surface area contributed by atoms with E-state index in [9.17, 15) is 9.59 Å². The lowest BCUT2D eigenvalue weighted by molar-refractivity contribution is 0.0945. The Morgan fingerprint density at radius 1 is 0.853 bits per heavy atom. The third-order valence-electron chi connectivity index (χ3n) is 5.93. The summed E-state index contributed by atoms with van der Waals surface area (Å²) in [6.45, 7) is 0.263. The van der Waals surface area contributed by atoms with Gasteiger partial charge in [-0.1, -0.05) is 42.5 Å². The van der Waals surface area contributed by atoms with Gasteiger partial charge in [-0.2, -0.15) is 0 Å². The molecule has 34 heavy (non-hydrogen) atoms. The van der Waals surface area contributed by atoms with Gasteiger partial charge < -0.3 is 15.3 Å². The Kier molecular flexibility index (Phi) is 4.66. The number of para-hydroxylation sites is 2. The van der Waals surface area contributed by atoms with Gasteiger partial charge in [0.05, 0.1) is 17.8 Å². The fraction of sp³-hybridized carbons (Fsp3) is 0.0370. The van der Waals surface area contributed by atoms with Crippen molar-refractivity contribution in [3.05, 3.63) is 108 Å². The number of carbonyl (C=O) groups excluding carboxylic acids is 2. The number of benzene rings is 2. The molecule has 0 fully saturated rings. The lowest BCUT2D eigenvalue weighted by Crippen LogP contribution is -2.25. The highest BCUT2D eigenvalue weighted by atomic mass is 16.2. The van der Waals surface area contributed by atoms with Gasteiger partial charge >= 0.3 is 0 Å². The van der Waals surface area contributed by atoms with E-state index >= 15 is 0 Å². The lowest BCUT2D eigenvalue weighted by Gasteiger charge is -2.08. The maximum Gasteiger partial charge on any atom is 0.270 e. The average Bonchev–Trinajstić information content (AvgIpc) is 3.48. The topological polar surface area (TPSA) is 104 Å². The maximum atomic E-state index is 13.7. The first kappa shape index (κ1) is 19.9. The molecular weight excluding hydrogens is 426 g/mol. The number of aromatic nitrogens is 4. The van der Waals surface area contributed by atoms with Gasteiger partial charge in [0.15, 0.2) is 0 Å². The smallest absolute Gasteiger partial charge is 0.270 e. The van der Waals surface area contributed by atoms with Crippen LogP contribution in [0.2, 0.25) is 0 Å². The summed E-state index contributed by atoms with van der Waals surface area (Å²) in [5, 5.41) is 5.37. The summed E-state index contributed by atoms with van der Waals surface area (Å²) < 4.78 is 0. The van der Waals surface area contributed by atoms with Crippen LogP contribution in [0, 0.1) is 0 Å². The van der Waals surface area contributed by atoms with Crippen molar-refractivity contribution in [1.29, 1.82) is 0 Å². The van der Waals surface area contributed by atoms with Crippen molar-refractivity contribution in [2.24, 2.45) is 0 Å². The molecule has 0 saturated heterocycles. The van der Waals surface area contributed by atoms with E-state index in [-0.39, 0.29) is 29.6 Å². The summed E-state index contributed by atoms with van der Waals surface area (Å²) >= 11 is 0. The summed E-state index contributed by atoms with van der Waals surface area (Å²) in [7, 11) is 0. The molecule has 2 aromatic carbocycles. The summed E-state index contributed by atoms with van der Waals surface area (Å²) in [4.78, 5) is 42.0. The van der Waals surface area contributed by atoms with Crippen LogP contribution in [0.3, 0.4) is 0 Å². The molecule has 164 valence electrons. The number of pyridine rings is 2. The molecule has 6 rings (SSSR count). The minimum absolute atomic E-state index is 0.177. The number of carbonyl (C=O) groups is 2. The number of aromatic amines is 2. The van der Waals surface area contributed by atoms with E-state index in [1.807, 2.05) is 66.7 Å². The highest BCUT2D eigenvalue weighted by molar-refractivity contribution is 6.23. The van der Waals surface area contributed by atoms with Crippen LogP contribution >= 0.6 is 0 Å². The number of H-pyrrole nitrogens is 2. The zero-order valence-corrected chi connectivity index (χ0v) is 18.0. The highest BCUT2D eigenvalue weighted by Crippen LogP contribution is 2.30. The number of nitrogens with one attached hydrogen (secondary N) is 3. The van der Waals surface area contributed by atoms with Crippen LogP contribution in [-0.4, -0.2) is 31.6 Å². The Morgan fingerprint density at radius 2 is 1.62 bits per heavy atom. The van der Waals surface area contributed by atoms with Crippen molar-refractivity contribution < 1.29 is 9.59 Å². The molecule has 0 aliphatic carbocycles. The first-order chi connectivity index (χ1) is 16.7. The van der Waals surface area contributed by atoms with Crippen LogP contribution in [0.1, 0.15) is 32.2 Å². The molecule has 0 spiro atoms. The largest absolute Gasteiger partial charge is 0.360 e. The monoisotopic (exact) mass is 445 g/mol. The third-order valence-corrected chi connectivity index (χ3v) is 5.93. The second kappa shape index (κ2) is 7.97. The van der Waals surface area contributed by atoms with Crippen molar-refractivity contribution >= 4 is 44.4 Å². The lowest BCUT2D eigenvalue weighted by atomic mass is 10.0. The predicted molar refractivity (Wildman–Crippen MR) is 131 cm³/mol. The van der Waals surface area contributed by atoms with Gasteiger partial charge in [-0.05, 0) is 30.3 Å². The molecule has 0 saturated carbocycles. The zero-order valence-electron chi connectivity index (χ0n) is 18.0. The number of hydrogen-bond acceptors (Lipinski definition) is 4. The molecule has 0 unspecified atom stereocenters. The maximum absolute atomic E-state index is 13.7. The molecule has 0 aliphatic rings. The van der Waals surface area contributed by atoms with Crippen LogP contribution < -0.4 is 5.32 Å². The summed E-state index contributed by atoms with van der Waals surface area (Å²) in [6, 6.07) is 22.6. The Labute approximate surface area is 193 Å². The van der Waals surface area contributed by atoms with Crippen LogP contribution in [0.5, 0.6) is 0 Å².